The Bertz CT molecular complexity index is 417. The van der Waals surface area contributed by atoms with Crippen molar-refractivity contribution in [2.45, 2.75) is 6.42 Å². The summed E-state index contributed by atoms with van der Waals surface area (Å²) < 4.78 is 0. The maximum atomic E-state index is 11.0. The minimum Gasteiger partial charge on any atom is -0.505 e. The zero-order chi connectivity index (χ0) is 11.4. The monoisotopic (exact) mass is 244 g/mol. The molecule has 0 aliphatic rings. The molecule has 0 bridgehead atoms. The Morgan fingerprint density at radius 3 is 2.47 bits per heavy atom. The van der Waals surface area contributed by atoms with Crippen LogP contribution in [0.3, 0.4) is 0 Å². The van der Waals surface area contributed by atoms with Crippen molar-refractivity contribution in [1.82, 2.24) is 0 Å². The molecule has 1 amide bonds. The zero-order valence-corrected chi connectivity index (χ0v) is 8.93. The fraction of sp³-hybridized carbons (Fsp3) is 0.111. The van der Waals surface area contributed by atoms with Gasteiger partial charge in [0.25, 0.3) is 0 Å². The number of nitrogens with zero attached hydrogens (tertiary/aromatic N) is 1. The summed E-state index contributed by atoms with van der Waals surface area (Å²) in [5.41, 5.74) is 0.336. The lowest BCUT2D eigenvalue weighted by molar-refractivity contribution is -0.115. The van der Waals surface area contributed by atoms with E-state index in [0.29, 0.717) is 5.69 Å². The number of phenolic OH excluding ortho intramolecular Hbond substituents is 1. The first-order valence-electron chi connectivity index (χ1n) is 3.89. The fourth-order valence-corrected chi connectivity index (χ4v) is 1.40. The Morgan fingerprint density at radius 2 is 2.00 bits per heavy atom. The van der Waals surface area contributed by atoms with E-state index in [4.69, 9.17) is 28.5 Å². The van der Waals surface area contributed by atoms with Crippen LogP contribution in [0.25, 0.3) is 0 Å². The second kappa shape index (κ2) is 4.87. The van der Waals surface area contributed by atoms with Gasteiger partial charge in [0.2, 0.25) is 5.91 Å². The smallest absolute Gasteiger partial charge is 0.238 e. The van der Waals surface area contributed by atoms with Gasteiger partial charge in [-0.2, -0.15) is 5.26 Å². The van der Waals surface area contributed by atoms with Gasteiger partial charge in [0.15, 0.2) is 5.75 Å². The van der Waals surface area contributed by atoms with Gasteiger partial charge in [-0.15, -0.1) is 0 Å². The third kappa shape index (κ3) is 3.01. The number of carbonyl (C=O) groups is 1. The Hall–Kier alpha value is -1.44. The number of halogens is 2. The van der Waals surface area contributed by atoms with Crippen molar-refractivity contribution in [3.8, 4) is 11.8 Å². The number of hydrogen-bond donors (Lipinski definition) is 2. The van der Waals surface area contributed by atoms with Gasteiger partial charge in [-0.25, -0.2) is 0 Å². The first-order chi connectivity index (χ1) is 7.04. The topological polar surface area (TPSA) is 73.1 Å². The van der Waals surface area contributed by atoms with Crippen LogP contribution in [0.4, 0.5) is 5.69 Å². The normalized spacial score (nSPS) is 9.40. The Balaban J connectivity index is 2.89. The van der Waals surface area contributed by atoms with Gasteiger partial charge in [-0.3, -0.25) is 4.79 Å². The molecule has 15 heavy (non-hydrogen) atoms. The van der Waals surface area contributed by atoms with Crippen LogP contribution in [0.15, 0.2) is 12.1 Å². The Kier molecular flexibility index (Phi) is 3.78. The lowest BCUT2D eigenvalue weighted by atomic mass is 10.3. The molecular weight excluding hydrogens is 239 g/mol. The zero-order valence-electron chi connectivity index (χ0n) is 7.42. The molecule has 0 radical (unpaired) electrons. The SMILES string of the molecule is N#CCC(=O)Nc1cc(Cl)c(O)c(Cl)c1. The first-order valence-corrected chi connectivity index (χ1v) is 4.65. The molecule has 0 aliphatic heterocycles. The summed E-state index contributed by atoms with van der Waals surface area (Å²) in [5, 5.41) is 20.0. The third-order valence-electron chi connectivity index (χ3n) is 1.54. The van der Waals surface area contributed by atoms with Crippen LogP contribution < -0.4 is 5.32 Å². The molecule has 1 rings (SSSR count). The maximum absolute atomic E-state index is 11.0. The van der Waals surface area contributed by atoms with Gasteiger partial charge in [0, 0.05) is 5.69 Å². The van der Waals surface area contributed by atoms with E-state index in [1.807, 2.05) is 0 Å². The van der Waals surface area contributed by atoms with Crippen molar-refractivity contribution in [2.24, 2.45) is 0 Å². The van der Waals surface area contributed by atoms with E-state index in [1.165, 1.54) is 12.1 Å². The number of hydrogen-bond acceptors (Lipinski definition) is 3. The largest absolute Gasteiger partial charge is 0.505 e. The number of nitriles is 1. The van der Waals surface area contributed by atoms with E-state index in [0.717, 1.165) is 0 Å². The minimum absolute atomic E-state index is 0.0368. The van der Waals surface area contributed by atoms with Crippen LogP contribution in [-0.4, -0.2) is 11.0 Å². The number of nitrogens with one attached hydrogen (secondary N) is 1. The van der Waals surface area contributed by atoms with E-state index < -0.39 is 5.91 Å². The Morgan fingerprint density at radius 1 is 1.47 bits per heavy atom. The van der Waals surface area contributed by atoms with Crippen LogP contribution in [0, 0.1) is 11.3 Å². The van der Waals surface area contributed by atoms with Crippen LogP contribution in [-0.2, 0) is 4.79 Å². The number of rotatable bonds is 2. The Labute approximate surface area is 96.0 Å². The number of benzene rings is 1. The minimum atomic E-state index is -0.463. The molecule has 0 aromatic heterocycles. The number of amides is 1. The van der Waals surface area contributed by atoms with Gasteiger partial charge >= 0.3 is 0 Å². The lowest BCUT2D eigenvalue weighted by Gasteiger charge is -2.05. The molecule has 2 N–H and O–H groups in total. The van der Waals surface area contributed by atoms with Gasteiger partial charge in [0.1, 0.15) is 6.42 Å². The quantitative estimate of drug-likeness (QED) is 0.786. The highest BCUT2D eigenvalue weighted by Crippen LogP contribution is 2.34. The van der Waals surface area contributed by atoms with Crippen molar-refractivity contribution in [1.29, 1.82) is 5.26 Å². The van der Waals surface area contributed by atoms with E-state index in [-0.39, 0.29) is 22.2 Å². The van der Waals surface area contributed by atoms with E-state index in [9.17, 15) is 9.90 Å². The highest BCUT2D eigenvalue weighted by Gasteiger charge is 2.08. The predicted octanol–water partition coefficient (Wildman–Crippen LogP) is 2.55. The summed E-state index contributed by atoms with van der Waals surface area (Å²) in [5.74, 6) is -0.702. The average Bonchev–Trinajstić information content (AvgIpc) is 2.14. The molecule has 0 fully saturated rings. The van der Waals surface area contributed by atoms with E-state index in [2.05, 4.69) is 5.32 Å². The molecule has 0 heterocycles. The van der Waals surface area contributed by atoms with Gasteiger partial charge in [0.05, 0.1) is 16.1 Å². The number of phenols is 1. The second-order valence-electron chi connectivity index (χ2n) is 2.67. The van der Waals surface area contributed by atoms with Crippen LogP contribution in [0.5, 0.6) is 5.75 Å². The van der Waals surface area contributed by atoms with Gasteiger partial charge in [-0.1, -0.05) is 23.2 Å². The molecule has 0 saturated heterocycles. The second-order valence-corrected chi connectivity index (χ2v) is 3.49. The summed E-state index contributed by atoms with van der Waals surface area (Å²) in [6.07, 6.45) is -0.254. The van der Waals surface area contributed by atoms with E-state index >= 15 is 0 Å². The summed E-state index contributed by atoms with van der Waals surface area (Å²) in [4.78, 5) is 11.0. The van der Waals surface area contributed by atoms with Crippen LogP contribution in [0.2, 0.25) is 10.0 Å². The van der Waals surface area contributed by atoms with Crippen molar-refractivity contribution in [3.05, 3.63) is 22.2 Å². The summed E-state index contributed by atoms with van der Waals surface area (Å²) >= 11 is 11.3. The molecule has 78 valence electrons. The van der Waals surface area contributed by atoms with Gasteiger partial charge < -0.3 is 10.4 Å². The van der Waals surface area contributed by atoms with E-state index in [1.54, 1.807) is 6.07 Å². The molecular formula is C9H6Cl2N2O2. The molecule has 1 aromatic carbocycles. The standard InChI is InChI=1S/C9H6Cl2N2O2/c10-6-3-5(4-7(11)9(6)15)13-8(14)1-2-12/h3-4,15H,1H2,(H,13,14). The van der Waals surface area contributed by atoms with Gasteiger partial charge in [-0.05, 0) is 12.1 Å². The van der Waals surface area contributed by atoms with Crippen molar-refractivity contribution in [3.63, 3.8) is 0 Å². The number of aromatic hydroxyl groups is 1. The predicted molar refractivity (Wildman–Crippen MR) is 57.0 cm³/mol. The fourth-order valence-electron chi connectivity index (χ4n) is 0.915. The van der Waals surface area contributed by atoms with Crippen LogP contribution >= 0.6 is 23.2 Å². The summed E-state index contributed by atoms with van der Waals surface area (Å²) in [6, 6.07) is 4.39. The molecule has 1 aromatic rings. The average molecular weight is 245 g/mol. The van der Waals surface area contributed by atoms with Crippen molar-refractivity contribution in [2.75, 3.05) is 5.32 Å². The summed E-state index contributed by atoms with van der Waals surface area (Å²) in [7, 11) is 0. The lowest BCUT2D eigenvalue weighted by Crippen LogP contribution is -2.09. The number of carbonyl (C=O) groups excluding carboxylic acids is 1. The molecule has 6 heteroatoms. The molecule has 0 spiro atoms. The molecule has 4 nitrogen and oxygen atoms in total. The molecule has 0 saturated carbocycles. The molecule has 0 unspecified atom stereocenters. The highest BCUT2D eigenvalue weighted by molar-refractivity contribution is 6.37. The maximum Gasteiger partial charge on any atom is 0.238 e. The molecule has 0 atom stereocenters. The third-order valence-corrected chi connectivity index (χ3v) is 2.12. The molecule has 0 aliphatic carbocycles. The highest BCUT2D eigenvalue weighted by atomic mass is 35.5. The van der Waals surface area contributed by atoms with Crippen LogP contribution in [0.1, 0.15) is 6.42 Å². The van der Waals surface area contributed by atoms with Crippen molar-refractivity contribution < 1.29 is 9.90 Å². The van der Waals surface area contributed by atoms with Crippen molar-refractivity contribution >= 4 is 34.8 Å². The number of anilines is 1. The summed E-state index contributed by atoms with van der Waals surface area (Å²) in [6.45, 7) is 0. The first kappa shape index (κ1) is 11.6.